The van der Waals surface area contributed by atoms with E-state index >= 15 is 4.39 Å². The Morgan fingerprint density at radius 2 is 1.83 bits per heavy atom. The number of anilines is 3. The number of rotatable bonds is 5. The lowest BCUT2D eigenvalue weighted by atomic mass is 10.2. The minimum atomic E-state index is -5.08. The number of hydrogen-bond donors (Lipinski definition) is 3. The first-order valence-electron chi connectivity index (χ1n) is 12.5. The fourth-order valence-electron chi connectivity index (χ4n) is 4.16. The Kier molecular flexibility index (Phi) is 7.97. The van der Waals surface area contributed by atoms with E-state index in [2.05, 4.69) is 35.7 Å². The van der Waals surface area contributed by atoms with Crippen LogP contribution in [0.25, 0.3) is 16.6 Å². The molecule has 1 aliphatic heterocycles. The van der Waals surface area contributed by atoms with E-state index in [1.807, 2.05) is 42.2 Å². The Morgan fingerprint density at radius 1 is 1.07 bits per heavy atom. The van der Waals surface area contributed by atoms with E-state index in [1.54, 1.807) is 16.9 Å². The zero-order chi connectivity index (χ0) is 29.9. The summed E-state index contributed by atoms with van der Waals surface area (Å²) in [6, 6.07) is 9.29. The average Bonchev–Trinajstić information content (AvgIpc) is 3.43. The van der Waals surface area contributed by atoms with Crippen molar-refractivity contribution < 1.29 is 32.2 Å². The number of aryl methyl sites for hydroxylation is 1. The van der Waals surface area contributed by atoms with Crippen LogP contribution in [0.2, 0.25) is 0 Å². The molecule has 5 heterocycles. The lowest BCUT2D eigenvalue weighted by Crippen LogP contribution is -2.44. The number of ether oxygens (including phenoxy) is 1. The zero-order valence-corrected chi connectivity index (χ0v) is 21.9. The van der Waals surface area contributed by atoms with Crippen LogP contribution in [-0.2, 0) is 4.79 Å². The molecule has 12 nitrogen and oxygen atoms in total. The van der Waals surface area contributed by atoms with Crippen molar-refractivity contribution in [3.8, 4) is 11.5 Å². The van der Waals surface area contributed by atoms with E-state index in [9.17, 15) is 13.2 Å². The number of piperazine rings is 1. The number of aliphatic carboxylic acids is 1. The molecule has 1 fully saturated rings. The number of halogens is 4. The molecule has 1 aromatic carbocycles. The minimum absolute atomic E-state index is 0.315. The smallest absolute Gasteiger partial charge is 0.475 e. The summed E-state index contributed by atoms with van der Waals surface area (Å²) < 4.78 is 55.1. The van der Waals surface area contributed by atoms with Gasteiger partial charge in [-0.3, -0.25) is 0 Å². The number of nitrogens with one attached hydrogen (secondary N) is 2. The number of nitrogens with zero attached hydrogens (tertiary/aromatic N) is 7. The van der Waals surface area contributed by atoms with Crippen LogP contribution in [0, 0.1) is 12.7 Å². The molecule has 4 aromatic heterocycles. The van der Waals surface area contributed by atoms with Gasteiger partial charge < -0.3 is 25.4 Å². The summed E-state index contributed by atoms with van der Waals surface area (Å²) in [5.41, 5.74) is 2.80. The topological polar surface area (TPSA) is 143 Å². The normalized spacial score (nSPS) is 13.5. The standard InChI is InChI=1S/C24H22FN9O.C2HF3O2/c1-15-10-16(2-3-19(15)35-17-4-7-34-20(11-17)29-14-31-34)32-23-21-18(28-13-30-23)12-27-24(22(21)25)33-8-5-26-6-9-33;3-2(4,5)1(6)7/h2-4,7,10-14,26H,5-6,8-9H2,1H3,(H,28,30,32);(H,6,7). The summed E-state index contributed by atoms with van der Waals surface area (Å²) in [6.07, 6.45) is 1.20. The maximum absolute atomic E-state index is 15.6. The highest BCUT2D eigenvalue weighted by molar-refractivity contribution is 5.92. The quantitative estimate of drug-likeness (QED) is 0.257. The van der Waals surface area contributed by atoms with Crippen LogP contribution in [0.15, 0.2) is 55.4 Å². The Morgan fingerprint density at radius 3 is 2.55 bits per heavy atom. The maximum atomic E-state index is 15.6. The molecule has 1 saturated heterocycles. The highest BCUT2D eigenvalue weighted by atomic mass is 19.4. The number of hydrogen-bond acceptors (Lipinski definition) is 10. The van der Waals surface area contributed by atoms with Crippen LogP contribution in [0.4, 0.5) is 34.9 Å². The summed E-state index contributed by atoms with van der Waals surface area (Å²) >= 11 is 0. The highest BCUT2D eigenvalue weighted by Gasteiger charge is 2.38. The first-order valence-corrected chi connectivity index (χ1v) is 12.5. The number of aromatic nitrogens is 6. The van der Waals surface area contributed by atoms with Gasteiger partial charge in [0.25, 0.3) is 0 Å². The monoisotopic (exact) mass is 585 g/mol. The second-order valence-electron chi connectivity index (χ2n) is 9.05. The number of fused-ring (bicyclic) bond motifs is 2. The van der Waals surface area contributed by atoms with E-state index in [4.69, 9.17) is 14.6 Å². The van der Waals surface area contributed by atoms with Crippen molar-refractivity contribution >= 4 is 39.8 Å². The largest absolute Gasteiger partial charge is 0.490 e. The molecule has 16 heteroatoms. The van der Waals surface area contributed by atoms with Gasteiger partial charge in [0.1, 0.15) is 30.0 Å². The van der Waals surface area contributed by atoms with Gasteiger partial charge in [0, 0.05) is 44.1 Å². The number of benzene rings is 1. The summed E-state index contributed by atoms with van der Waals surface area (Å²) in [5.74, 6) is -1.12. The summed E-state index contributed by atoms with van der Waals surface area (Å²) in [5, 5.41) is 18.0. The van der Waals surface area contributed by atoms with Crippen LogP contribution in [0.3, 0.4) is 0 Å². The third-order valence-corrected chi connectivity index (χ3v) is 6.18. The fraction of sp³-hybridized carbons (Fsp3) is 0.231. The molecule has 0 amide bonds. The molecule has 0 bridgehead atoms. The Balaban J connectivity index is 0.000000451. The summed E-state index contributed by atoms with van der Waals surface area (Å²) in [6.45, 7) is 4.90. The van der Waals surface area contributed by atoms with Gasteiger partial charge in [0.05, 0.1) is 17.1 Å². The molecule has 0 unspecified atom stereocenters. The lowest BCUT2D eigenvalue weighted by Gasteiger charge is -2.28. The Hall–Kier alpha value is -5.12. The summed E-state index contributed by atoms with van der Waals surface area (Å²) in [4.78, 5) is 27.9. The molecule has 42 heavy (non-hydrogen) atoms. The SMILES string of the molecule is Cc1cc(Nc2ncnc3cnc(N4CCNCC4)c(F)c23)ccc1Oc1ccn2ncnc2c1.O=C(O)C(F)(F)F. The van der Waals surface area contributed by atoms with E-state index in [0.29, 0.717) is 52.8 Å². The molecule has 6 rings (SSSR count). The van der Waals surface area contributed by atoms with Crippen LogP contribution in [0.1, 0.15) is 5.56 Å². The second kappa shape index (κ2) is 11.8. The van der Waals surface area contributed by atoms with Gasteiger partial charge in [-0.25, -0.2) is 33.6 Å². The molecule has 0 spiro atoms. The number of carbonyl (C=O) groups is 1. The van der Waals surface area contributed by atoms with E-state index in [1.165, 1.54) is 12.7 Å². The van der Waals surface area contributed by atoms with Crippen molar-refractivity contribution in [3.05, 3.63) is 66.8 Å². The summed E-state index contributed by atoms with van der Waals surface area (Å²) in [7, 11) is 0. The van der Waals surface area contributed by atoms with Gasteiger partial charge in [-0.1, -0.05) is 0 Å². The molecule has 1 aliphatic rings. The molecular formula is C26H23F4N9O3. The molecular weight excluding hydrogens is 562 g/mol. The predicted octanol–water partition coefficient (Wildman–Crippen LogP) is 4.09. The van der Waals surface area contributed by atoms with Crippen molar-refractivity contribution in [3.63, 3.8) is 0 Å². The van der Waals surface area contributed by atoms with Crippen LogP contribution in [0.5, 0.6) is 11.5 Å². The van der Waals surface area contributed by atoms with Crippen LogP contribution in [-0.4, -0.2) is 73.0 Å². The maximum Gasteiger partial charge on any atom is 0.490 e. The Labute approximate surface area is 235 Å². The van der Waals surface area contributed by atoms with E-state index in [0.717, 1.165) is 24.3 Å². The van der Waals surface area contributed by atoms with Gasteiger partial charge in [-0.15, -0.1) is 0 Å². The molecule has 218 valence electrons. The molecule has 3 N–H and O–H groups in total. The molecule has 0 atom stereocenters. The van der Waals surface area contributed by atoms with Crippen molar-refractivity contribution in [2.75, 3.05) is 36.4 Å². The fourth-order valence-corrected chi connectivity index (χ4v) is 4.16. The lowest BCUT2D eigenvalue weighted by molar-refractivity contribution is -0.192. The van der Waals surface area contributed by atoms with Gasteiger partial charge in [0.2, 0.25) is 0 Å². The zero-order valence-electron chi connectivity index (χ0n) is 21.9. The predicted molar refractivity (Wildman–Crippen MR) is 144 cm³/mol. The molecule has 0 aliphatic carbocycles. The van der Waals surface area contributed by atoms with Crippen molar-refractivity contribution in [2.45, 2.75) is 13.1 Å². The third kappa shape index (κ3) is 6.27. The van der Waals surface area contributed by atoms with Crippen molar-refractivity contribution in [2.24, 2.45) is 0 Å². The molecule has 0 radical (unpaired) electrons. The van der Waals surface area contributed by atoms with Gasteiger partial charge >= 0.3 is 12.1 Å². The molecule has 0 saturated carbocycles. The highest BCUT2D eigenvalue weighted by Crippen LogP contribution is 2.32. The molecule has 5 aromatic rings. The first kappa shape index (κ1) is 28.4. The second-order valence-corrected chi connectivity index (χ2v) is 9.05. The average molecular weight is 586 g/mol. The first-order chi connectivity index (χ1) is 20.1. The van der Waals surface area contributed by atoms with Crippen molar-refractivity contribution in [1.82, 2.24) is 34.9 Å². The van der Waals surface area contributed by atoms with Crippen LogP contribution < -0.4 is 20.3 Å². The van der Waals surface area contributed by atoms with Gasteiger partial charge in [-0.05, 0) is 36.8 Å². The Bertz CT molecular complexity index is 1740. The van der Waals surface area contributed by atoms with Crippen molar-refractivity contribution in [1.29, 1.82) is 0 Å². The van der Waals surface area contributed by atoms with Crippen LogP contribution >= 0.6 is 0 Å². The number of alkyl halides is 3. The van der Waals surface area contributed by atoms with E-state index < -0.39 is 18.0 Å². The van der Waals surface area contributed by atoms with E-state index in [-0.39, 0.29) is 0 Å². The van der Waals surface area contributed by atoms with Gasteiger partial charge in [-0.2, -0.15) is 18.3 Å². The third-order valence-electron chi connectivity index (χ3n) is 6.18. The van der Waals surface area contributed by atoms with Gasteiger partial charge in [0.15, 0.2) is 17.3 Å². The minimum Gasteiger partial charge on any atom is -0.475 e. The number of pyridine rings is 2. The number of carboxylic acids is 1. The number of carboxylic acid groups (broad SMARTS) is 1.